The zero-order valence-electron chi connectivity index (χ0n) is 17.0. The van der Waals surface area contributed by atoms with E-state index in [4.69, 9.17) is 0 Å². The first-order valence-electron chi connectivity index (χ1n) is 9.12. The molecule has 1 rings (SSSR count). The highest BCUT2D eigenvalue weighted by Gasteiger charge is 2.30. The normalized spacial score (nSPS) is 14.6. The number of guanidine groups is 1. The number of benzene rings is 1. The van der Waals surface area contributed by atoms with Crippen molar-refractivity contribution in [3.8, 4) is 0 Å². The highest BCUT2D eigenvalue weighted by Crippen LogP contribution is 2.31. The number of sulfone groups is 1. The van der Waals surface area contributed by atoms with Crippen LogP contribution in [0.15, 0.2) is 29.3 Å². The van der Waals surface area contributed by atoms with Crippen molar-refractivity contribution >= 4 is 15.8 Å². The Balaban J connectivity index is 2.51. The summed E-state index contributed by atoms with van der Waals surface area (Å²) in [6.45, 7) is 7.55. The molecule has 5 nitrogen and oxygen atoms in total. The summed E-state index contributed by atoms with van der Waals surface area (Å²) in [6.07, 6.45) is -3.75. The van der Waals surface area contributed by atoms with E-state index in [1.807, 2.05) is 6.92 Å². The average Bonchev–Trinajstić information content (AvgIpc) is 2.58. The van der Waals surface area contributed by atoms with Crippen molar-refractivity contribution in [3.05, 3.63) is 35.4 Å². The van der Waals surface area contributed by atoms with Gasteiger partial charge >= 0.3 is 6.18 Å². The van der Waals surface area contributed by atoms with Crippen molar-refractivity contribution in [1.82, 2.24) is 10.6 Å². The Morgan fingerprint density at radius 2 is 1.75 bits per heavy atom. The van der Waals surface area contributed by atoms with Crippen LogP contribution in [0.3, 0.4) is 0 Å². The third-order valence-electron chi connectivity index (χ3n) is 4.47. The number of rotatable bonds is 7. The molecule has 2 N–H and O–H groups in total. The Kier molecular flexibility index (Phi) is 8.34. The number of hydrogen-bond donors (Lipinski definition) is 2. The van der Waals surface area contributed by atoms with Crippen molar-refractivity contribution in [1.29, 1.82) is 0 Å². The molecule has 1 atom stereocenters. The smallest absolute Gasteiger partial charge is 0.356 e. The summed E-state index contributed by atoms with van der Waals surface area (Å²) < 4.78 is 61.9. The average molecular weight is 422 g/mol. The molecule has 0 aliphatic carbocycles. The summed E-state index contributed by atoms with van der Waals surface area (Å²) in [5.74, 6) is 0.368. The number of alkyl halides is 3. The minimum Gasteiger partial charge on any atom is -0.356 e. The molecule has 0 spiro atoms. The van der Waals surface area contributed by atoms with E-state index in [9.17, 15) is 21.6 Å². The van der Waals surface area contributed by atoms with E-state index in [0.717, 1.165) is 6.07 Å². The van der Waals surface area contributed by atoms with Crippen LogP contribution in [0.2, 0.25) is 0 Å². The van der Waals surface area contributed by atoms with Gasteiger partial charge in [0.15, 0.2) is 15.8 Å². The topological polar surface area (TPSA) is 70.6 Å². The van der Waals surface area contributed by atoms with Gasteiger partial charge in [-0.25, -0.2) is 8.42 Å². The molecular weight excluding hydrogens is 391 g/mol. The summed E-state index contributed by atoms with van der Waals surface area (Å²) in [5, 5.41) is 6.01. The van der Waals surface area contributed by atoms with Crippen LogP contribution >= 0.6 is 0 Å². The minimum atomic E-state index is -4.35. The Labute approximate surface area is 165 Å². The van der Waals surface area contributed by atoms with Crippen LogP contribution in [0, 0.1) is 0 Å². The maximum absolute atomic E-state index is 12.8. The van der Waals surface area contributed by atoms with Crippen LogP contribution in [0.1, 0.15) is 51.2 Å². The van der Waals surface area contributed by atoms with Gasteiger partial charge in [-0.15, -0.1) is 0 Å². The predicted molar refractivity (Wildman–Crippen MR) is 107 cm³/mol. The van der Waals surface area contributed by atoms with Crippen LogP contribution < -0.4 is 10.6 Å². The number of aliphatic imine (C=N–C) groups is 1. The molecule has 9 heteroatoms. The lowest BCUT2D eigenvalue weighted by Crippen LogP contribution is -2.42. The lowest BCUT2D eigenvalue weighted by Gasteiger charge is -2.20. The highest BCUT2D eigenvalue weighted by atomic mass is 32.2. The summed E-state index contributed by atoms with van der Waals surface area (Å²) in [5.41, 5.74) is -0.0295. The van der Waals surface area contributed by atoms with Crippen molar-refractivity contribution in [2.45, 2.75) is 51.0 Å². The van der Waals surface area contributed by atoms with Gasteiger partial charge in [0.05, 0.1) is 16.1 Å². The molecule has 160 valence electrons. The Hall–Kier alpha value is -1.77. The third-order valence-corrected chi connectivity index (χ3v) is 7.08. The lowest BCUT2D eigenvalue weighted by molar-refractivity contribution is -0.137. The molecule has 28 heavy (non-hydrogen) atoms. The van der Waals surface area contributed by atoms with E-state index in [0.29, 0.717) is 24.5 Å². The second-order valence-corrected chi connectivity index (χ2v) is 10.5. The molecule has 0 amide bonds. The van der Waals surface area contributed by atoms with Gasteiger partial charge in [-0.3, -0.25) is 4.99 Å². The second kappa shape index (κ2) is 9.62. The summed E-state index contributed by atoms with van der Waals surface area (Å²) >= 11 is 0. The molecule has 1 unspecified atom stereocenters. The van der Waals surface area contributed by atoms with Gasteiger partial charge in [0.2, 0.25) is 0 Å². The van der Waals surface area contributed by atoms with E-state index in [1.54, 1.807) is 33.9 Å². The molecule has 0 aromatic heterocycles. The summed E-state index contributed by atoms with van der Waals surface area (Å²) in [7, 11) is -1.65. The molecule has 0 fully saturated rings. The largest absolute Gasteiger partial charge is 0.416 e. The fourth-order valence-corrected chi connectivity index (χ4v) is 3.41. The van der Waals surface area contributed by atoms with Gasteiger partial charge in [0.1, 0.15) is 0 Å². The van der Waals surface area contributed by atoms with E-state index in [2.05, 4.69) is 15.6 Å². The van der Waals surface area contributed by atoms with Crippen LogP contribution in [-0.4, -0.2) is 45.0 Å². The van der Waals surface area contributed by atoms with Crippen molar-refractivity contribution in [2.75, 3.05) is 25.9 Å². The first kappa shape index (κ1) is 24.3. The Morgan fingerprint density at radius 1 is 1.14 bits per heavy atom. The maximum Gasteiger partial charge on any atom is 0.416 e. The number of halogens is 3. The number of nitrogens with one attached hydrogen (secondary N) is 2. The monoisotopic (exact) mass is 421 g/mol. The van der Waals surface area contributed by atoms with E-state index < -0.39 is 26.3 Å². The second-order valence-electron chi connectivity index (χ2n) is 7.67. The molecule has 0 heterocycles. The molecule has 1 aromatic rings. The van der Waals surface area contributed by atoms with E-state index in [1.165, 1.54) is 12.1 Å². The van der Waals surface area contributed by atoms with Crippen LogP contribution in [0.5, 0.6) is 0 Å². The fraction of sp³-hybridized carbons (Fsp3) is 0.632. The molecule has 0 saturated heterocycles. The van der Waals surface area contributed by atoms with Crippen LogP contribution in [-0.2, 0) is 16.0 Å². The fourth-order valence-electron chi connectivity index (χ4n) is 2.43. The third kappa shape index (κ3) is 7.33. The zero-order chi connectivity index (χ0) is 21.6. The molecule has 0 saturated carbocycles. The lowest BCUT2D eigenvalue weighted by atomic mass is 9.96. The number of hydrogen-bond acceptors (Lipinski definition) is 3. The number of nitrogens with zero attached hydrogens (tertiary/aromatic N) is 1. The Morgan fingerprint density at radius 3 is 2.29 bits per heavy atom. The molecule has 0 bridgehead atoms. The van der Waals surface area contributed by atoms with Gasteiger partial charge < -0.3 is 10.6 Å². The first-order chi connectivity index (χ1) is 12.8. The summed E-state index contributed by atoms with van der Waals surface area (Å²) in [4.78, 5) is 4.04. The van der Waals surface area contributed by atoms with Crippen molar-refractivity contribution in [3.63, 3.8) is 0 Å². The van der Waals surface area contributed by atoms with Crippen molar-refractivity contribution in [2.24, 2.45) is 4.99 Å². The van der Waals surface area contributed by atoms with Crippen molar-refractivity contribution < 1.29 is 21.6 Å². The molecule has 0 aliphatic rings. The predicted octanol–water partition coefficient (Wildman–Crippen LogP) is 3.58. The van der Waals surface area contributed by atoms with Crippen LogP contribution in [0.25, 0.3) is 0 Å². The zero-order valence-corrected chi connectivity index (χ0v) is 17.8. The van der Waals surface area contributed by atoms with E-state index >= 15 is 0 Å². The maximum atomic E-state index is 12.8. The molecule has 0 radical (unpaired) electrons. The summed E-state index contributed by atoms with van der Waals surface area (Å²) in [6, 6.07) is 5.34. The van der Waals surface area contributed by atoms with E-state index in [-0.39, 0.29) is 18.2 Å². The molecule has 1 aromatic carbocycles. The van der Waals surface area contributed by atoms with Crippen LogP contribution in [0.4, 0.5) is 13.2 Å². The molecular formula is C19H30F3N3O2S. The Bertz CT molecular complexity index is 769. The van der Waals surface area contributed by atoms with Gasteiger partial charge in [-0.1, -0.05) is 25.1 Å². The minimum absolute atomic E-state index is 0.0160. The van der Waals surface area contributed by atoms with Gasteiger partial charge in [0.25, 0.3) is 0 Å². The van der Waals surface area contributed by atoms with Gasteiger partial charge in [0, 0.05) is 20.1 Å². The SMILES string of the molecule is CN=C(NCCC(C)c1cccc(C(F)(F)F)c1)NCCS(=O)(=O)C(C)(C)C. The molecule has 0 aliphatic heterocycles. The standard InChI is InChI=1S/C19H30F3N3O2S/c1-14(15-7-6-8-16(13-15)19(20,21)22)9-10-24-17(23-5)25-11-12-28(26,27)18(2,3)4/h6-8,13-14H,9-12H2,1-5H3,(H2,23,24,25). The van der Waals surface area contributed by atoms with Gasteiger partial charge in [-0.05, 0) is 44.7 Å². The quantitative estimate of drug-likeness (QED) is 0.522. The van der Waals surface area contributed by atoms with Gasteiger partial charge in [-0.2, -0.15) is 13.2 Å². The highest BCUT2D eigenvalue weighted by molar-refractivity contribution is 7.92. The first-order valence-corrected chi connectivity index (χ1v) is 10.8.